The number of nitrogens with one attached hydrogen (secondary N) is 1. The molecule has 4 heteroatoms. The van der Waals surface area contributed by atoms with Crippen molar-refractivity contribution in [3.8, 4) is 0 Å². The summed E-state index contributed by atoms with van der Waals surface area (Å²) in [5.41, 5.74) is 1.49. The van der Waals surface area contributed by atoms with Crippen LogP contribution in [0.1, 0.15) is 26.2 Å². The third-order valence-corrected chi connectivity index (χ3v) is 5.16. The van der Waals surface area contributed by atoms with Gasteiger partial charge in [0.15, 0.2) is 0 Å². The van der Waals surface area contributed by atoms with E-state index in [9.17, 15) is 0 Å². The van der Waals surface area contributed by atoms with Gasteiger partial charge in [0, 0.05) is 38.3 Å². The summed E-state index contributed by atoms with van der Waals surface area (Å²) in [6.07, 6.45) is 4.00. The molecule has 0 saturated carbocycles. The van der Waals surface area contributed by atoms with Crippen molar-refractivity contribution in [2.24, 2.45) is 0 Å². The first kappa shape index (κ1) is 15.1. The van der Waals surface area contributed by atoms with Gasteiger partial charge in [-0.2, -0.15) is 0 Å². The highest BCUT2D eigenvalue weighted by Crippen LogP contribution is 2.27. The van der Waals surface area contributed by atoms with Gasteiger partial charge < -0.3 is 10.2 Å². The van der Waals surface area contributed by atoms with E-state index in [2.05, 4.69) is 34.2 Å². The zero-order valence-electron chi connectivity index (χ0n) is 12.9. The number of rotatable bonds is 3. The Bertz CT molecular complexity index is 463. The molecular weight excluding hydrogens is 282 g/mol. The van der Waals surface area contributed by atoms with Crippen LogP contribution in [0.4, 0.5) is 5.69 Å². The molecule has 2 heterocycles. The Morgan fingerprint density at radius 3 is 2.57 bits per heavy atom. The zero-order valence-corrected chi connectivity index (χ0v) is 13.7. The SMILES string of the molecule is CC1(CN2CCN(c3ccccc3Cl)CC2)CCCCN1. The Balaban J connectivity index is 1.54. The standard InChI is InChI=1S/C17H26ClN3/c1-17(8-4-5-9-19-17)14-20-10-12-21(13-11-20)16-7-3-2-6-15(16)18/h2-3,6-7,19H,4-5,8-14H2,1H3. The minimum atomic E-state index is 0.310. The molecule has 21 heavy (non-hydrogen) atoms. The van der Waals surface area contributed by atoms with Crippen molar-refractivity contribution in [2.45, 2.75) is 31.7 Å². The van der Waals surface area contributed by atoms with Crippen molar-refractivity contribution in [3.63, 3.8) is 0 Å². The lowest BCUT2D eigenvalue weighted by Gasteiger charge is -2.43. The predicted octanol–water partition coefficient (Wildman–Crippen LogP) is 2.99. The molecule has 2 aliphatic rings. The van der Waals surface area contributed by atoms with Gasteiger partial charge in [0.1, 0.15) is 0 Å². The third-order valence-electron chi connectivity index (χ3n) is 4.85. The molecular formula is C17H26ClN3. The van der Waals surface area contributed by atoms with Gasteiger partial charge in [0.2, 0.25) is 0 Å². The number of para-hydroxylation sites is 1. The summed E-state index contributed by atoms with van der Waals surface area (Å²) >= 11 is 6.31. The summed E-state index contributed by atoms with van der Waals surface area (Å²) in [6.45, 7) is 9.12. The van der Waals surface area contributed by atoms with E-state index in [0.29, 0.717) is 5.54 Å². The Labute approximate surface area is 133 Å². The van der Waals surface area contributed by atoms with E-state index in [1.807, 2.05) is 12.1 Å². The average molecular weight is 308 g/mol. The fourth-order valence-electron chi connectivity index (χ4n) is 3.60. The van der Waals surface area contributed by atoms with Crippen LogP contribution in [0, 0.1) is 0 Å². The van der Waals surface area contributed by atoms with Crippen LogP contribution in [0.5, 0.6) is 0 Å². The summed E-state index contributed by atoms with van der Waals surface area (Å²) in [4.78, 5) is 5.02. The van der Waals surface area contributed by atoms with Crippen molar-refractivity contribution in [1.82, 2.24) is 10.2 Å². The molecule has 116 valence electrons. The van der Waals surface area contributed by atoms with Crippen LogP contribution in [-0.2, 0) is 0 Å². The molecule has 0 amide bonds. The van der Waals surface area contributed by atoms with Crippen molar-refractivity contribution >= 4 is 17.3 Å². The first-order valence-corrected chi connectivity index (χ1v) is 8.51. The van der Waals surface area contributed by atoms with E-state index in [-0.39, 0.29) is 0 Å². The second-order valence-electron chi connectivity index (χ2n) is 6.66. The van der Waals surface area contributed by atoms with Gasteiger partial charge in [-0.15, -0.1) is 0 Å². The second-order valence-corrected chi connectivity index (χ2v) is 7.07. The normalized spacial score (nSPS) is 27.8. The number of piperidine rings is 1. The van der Waals surface area contributed by atoms with Crippen LogP contribution < -0.4 is 10.2 Å². The summed E-state index contributed by atoms with van der Waals surface area (Å²) in [5, 5.41) is 4.59. The highest BCUT2D eigenvalue weighted by atomic mass is 35.5. The minimum Gasteiger partial charge on any atom is -0.368 e. The number of anilines is 1. The van der Waals surface area contributed by atoms with Gasteiger partial charge in [0.25, 0.3) is 0 Å². The highest BCUT2D eigenvalue weighted by Gasteiger charge is 2.30. The first-order chi connectivity index (χ1) is 10.2. The maximum Gasteiger partial charge on any atom is 0.0639 e. The maximum atomic E-state index is 6.31. The number of halogens is 1. The lowest BCUT2D eigenvalue weighted by Crippen LogP contribution is -2.57. The van der Waals surface area contributed by atoms with Crippen molar-refractivity contribution < 1.29 is 0 Å². The van der Waals surface area contributed by atoms with Gasteiger partial charge in [0.05, 0.1) is 10.7 Å². The average Bonchev–Trinajstić information content (AvgIpc) is 2.49. The number of benzene rings is 1. The third kappa shape index (κ3) is 3.71. The van der Waals surface area contributed by atoms with E-state index < -0.39 is 0 Å². The van der Waals surface area contributed by atoms with Crippen molar-refractivity contribution in [3.05, 3.63) is 29.3 Å². The monoisotopic (exact) mass is 307 g/mol. The summed E-state index contributed by atoms with van der Waals surface area (Å²) < 4.78 is 0. The maximum absolute atomic E-state index is 6.31. The summed E-state index contributed by atoms with van der Waals surface area (Å²) in [6, 6.07) is 8.18. The summed E-state index contributed by atoms with van der Waals surface area (Å²) in [7, 11) is 0. The molecule has 1 atom stereocenters. The molecule has 1 aromatic rings. The largest absolute Gasteiger partial charge is 0.368 e. The van der Waals surface area contributed by atoms with Crippen LogP contribution in [0.15, 0.2) is 24.3 Å². The molecule has 0 bridgehead atoms. The topological polar surface area (TPSA) is 18.5 Å². The van der Waals surface area contributed by atoms with Crippen molar-refractivity contribution in [1.29, 1.82) is 0 Å². The molecule has 1 unspecified atom stereocenters. The molecule has 2 aliphatic heterocycles. The molecule has 3 rings (SSSR count). The van der Waals surface area contributed by atoms with Gasteiger partial charge in [-0.05, 0) is 38.4 Å². The van der Waals surface area contributed by atoms with Gasteiger partial charge in [-0.25, -0.2) is 0 Å². The van der Waals surface area contributed by atoms with E-state index in [4.69, 9.17) is 11.6 Å². The number of hydrogen-bond donors (Lipinski definition) is 1. The van der Waals surface area contributed by atoms with E-state index in [1.165, 1.54) is 38.0 Å². The van der Waals surface area contributed by atoms with Gasteiger partial charge in [-0.1, -0.05) is 30.2 Å². The molecule has 1 N–H and O–H groups in total. The smallest absolute Gasteiger partial charge is 0.0639 e. The van der Waals surface area contributed by atoms with Crippen LogP contribution in [0.25, 0.3) is 0 Å². The molecule has 1 aromatic carbocycles. The molecule has 2 saturated heterocycles. The minimum absolute atomic E-state index is 0.310. The Morgan fingerprint density at radius 2 is 1.90 bits per heavy atom. The lowest BCUT2D eigenvalue weighted by molar-refractivity contribution is 0.157. The van der Waals surface area contributed by atoms with Crippen LogP contribution >= 0.6 is 11.6 Å². The lowest BCUT2D eigenvalue weighted by atomic mass is 9.90. The highest BCUT2D eigenvalue weighted by molar-refractivity contribution is 6.33. The van der Waals surface area contributed by atoms with Gasteiger partial charge in [-0.3, -0.25) is 4.90 Å². The molecule has 2 fully saturated rings. The number of nitrogens with zero attached hydrogens (tertiary/aromatic N) is 2. The number of hydrogen-bond acceptors (Lipinski definition) is 3. The summed E-state index contributed by atoms with van der Waals surface area (Å²) in [5.74, 6) is 0. The van der Waals surface area contributed by atoms with Gasteiger partial charge >= 0.3 is 0 Å². The molecule has 0 aromatic heterocycles. The predicted molar refractivity (Wildman–Crippen MR) is 90.4 cm³/mol. The molecule has 0 radical (unpaired) electrons. The Kier molecular flexibility index (Phi) is 4.72. The zero-order chi connectivity index (χ0) is 14.7. The van der Waals surface area contributed by atoms with E-state index in [1.54, 1.807) is 0 Å². The van der Waals surface area contributed by atoms with Crippen LogP contribution in [0.3, 0.4) is 0 Å². The van der Waals surface area contributed by atoms with E-state index in [0.717, 1.165) is 31.2 Å². The fourth-order valence-corrected chi connectivity index (χ4v) is 3.86. The molecule has 0 aliphatic carbocycles. The quantitative estimate of drug-likeness (QED) is 0.926. The molecule has 0 spiro atoms. The Morgan fingerprint density at radius 1 is 1.14 bits per heavy atom. The van der Waals surface area contributed by atoms with Crippen molar-refractivity contribution in [2.75, 3.05) is 44.2 Å². The molecule has 3 nitrogen and oxygen atoms in total. The fraction of sp³-hybridized carbons (Fsp3) is 0.647. The van der Waals surface area contributed by atoms with Crippen LogP contribution in [0.2, 0.25) is 5.02 Å². The Hall–Kier alpha value is -0.770. The van der Waals surface area contributed by atoms with Crippen LogP contribution in [-0.4, -0.2) is 49.7 Å². The number of piperazine rings is 1. The first-order valence-electron chi connectivity index (χ1n) is 8.13. The van der Waals surface area contributed by atoms with E-state index >= 15 is 0 Å². The second kappa shape index (κ2) is 6.55.